The number of rotatable bonds is 2. The molecule has 1 N–H and O–H groups in total. The van der Waals surface area contributed by atoms with Crippen molar-refractivity contribution in [1.82, 2.24) is 4.98 Å². The van der Waals surface area contributed by atoms with E-state index in [9.17, 15) is 5.11 Å². The largest absolute Gasteiger partial charge is 0.388 e. The molecule has 18 heavy (non-hydrogen) atoms. The molecule has 1 saturated carbocycles. The van der Waals surface area contributed by atoms with E-state index in [0.717, 1.165) is 30.7 Å². The van der Waals surface area contributed by atoms with Crippen molar-refractivity contribution in [1.29, 1.82) is 0 Å². The van der Waals surface area contributed by atoms with Crippen LogP contribution in [0.2, 0.25) is 0 Å². The molecular formula is C15H21NO2. The van der Waals surface area contributed by atoms with Gasteiger partial charge in [0.2, 0.25) is 0 Å². The quantitative estimate of drug-likeness (QED) is 0.873. The lowest BCUT2D eigenvalue weighted by molar-refractivity contribution is -0.157. The Hall–Kier alpha value is -0.930. The lowest BCUT2D eigenvalue weighted by atomic mass is 9.70. The molecule has 3 nitrogen and oxygen atoms in total. The average molecular weight is 247 g/mol. The maximum atomic E-state index is 10.5. The van der Waals surface area contributed by atoms with E-state index in [1.165, 1.54) is 19.3 Å². The predicted molar refractivity (Wildman–Crippen MR) is 69.2 cm³/mol. The molecule has 2 unspecified atom stereocenters. The molecule has 3 heteroatoms. The molecule has 1 spiro atoms. The first-order valence-corrected chi connectivity index (χ1v) is 6.93. The SMILES string of the molecule is Cc1cc(C(O)C2CCOC3(CCC3)C2)ccn1. The lowest BCUT2D eigenvalue weighted by Crippen LogP contribution is -2.46. The molecule has 1 aromatic rings. The van der Waals surface area contributed by atoms with Gasteiger partial charge in [-0.1, -0.05) is 0 Å². The zero-order valence-corrected chi connectivity index (χ0v) is 10.9. The molecule has 98 valence electrons. The van der Waals surface area contributed by atoms with Crippen LogP contribution in [-0.2, 0) is 4.74 Å². The summed E-state index contributed by atoms with van der Waals surface area (Å²) in [5, 5.41) is 10.5. The topological polar surface area (TPSA) is 42.4 Å². The van der Waals surface area contributed by atoms with Gasteiger partial charge in [-0.25, -0.2) is 0 Å². The summed E-state index contributed by atoms with van der Waals surface area (Å²) in [5.41, 5.74) is 2.08. The van der Waals surface area contributed by atoms with Crippen LogP contribution in [0.4, 0.5) is 0 Å². The van der Waals surface area contributed by atoms with Crippen LogP contribution in [0.5, 0.6) is 0 Å². The van der Waals surface area contributed by atoms with E-state index in [0.29, 0.717) is 5.92 Å². The summed E-state index contributed by atoms with van der Waals surface area (Å²) in [7, 11) is 0. The second kappa shape index (κ2) is 4.63. The van der Waals surface area contributed by atoms with Gasteiger partial charge < -0.3 is 9.84 Å². The van der Waals surface area contributed by atoms with Gasteiger partial charge in [-0.05, 0) is 62.6 Å². The van der Waals surface area contributed by atoms with Crippen LogP contribution in [0.3, 0.4) is 0 Å². The molecule has 2 aliphatic rings. The first kappa shape index (κ1) is 12.1. The van der Waals surface area contributed by atoms with E-state index in [4.69, 9.17) is 4.74 Å². The fraction of sp³-hybridized carbons (Fsp3) is 0.667. The van der Waals surface area contributed by atoms with Gasteiger partial charge in [-0.2, -0.15) is 0 Å². The molecule has 1 aromatic heterocycles. The third-order valence-corrected chi connectivity index (χ3v) is 4.50. The number of pyridine rings is 1. The van der Waals surface area contributed by atoms with Crippen LogP contribution in [-0.4, -0.2) is 22.3 Å². The lowest BCUT2D eigenvalue weighted by Gasteiger charge is -2.48. The van der Waals surface area contributed by atoms with Crippen molar-refractivity contribution in [3.05, 3.63) is 29.6 Å². The normalized spacial score (nSPS) is 27.8. The van der Waals surface area contributed by atoms with Gasteiger partial charge in [0.15, 0.2) is 0 Å². The maximum Gasteiger partial charge on any atom is 0.0821 e. The first-order valence-electron chi connectivity index (χ1n) is 6.93. The van der Waals surface area contributed by atoms with Crippen molar-refractivity contribution >= 4 is 0 Å². The highest BCUT2D eigenvalue weighted by Gasteiger charge is 2.44. The summed E-state index contributed by atoms with van der Waals surface area (Å²) in [6, 6.07) is 3.92. The number of aromatic nitrogens is 1. The second-order valence-electron chi connectivity index (χ2n) is 5.81. The molecule has 2 heterocycles. The van der Waals surface area contributed by atoms with Crippen LogP contribution in [0.1, 0.15) is 49.5 Å². The molecule has 2 fully saturated rings. The Kier molecular flexibility index (Phi) is 3.12. The number of ether oxygens (including phenoxy) is 1. The molecule has 1 saturated heterocycles. The number of hydrogen-bond acceptors (Lipinski definition) is 3. The smallest absolute Gasteiger partial charge is 0.0821 e. The van der Waals surface area contributed by atoms with Crippen LogP contribution in [0, 0.1) is 12.8 Å². The van der Waals surface area contributed by atoms with Crippen molar-refractivity contribution in [2.45, 2.75) is 50.7 Å². The number of aryl methyl sites for hydroxylation is 1. The van der Waals surface area contributed by atoms with Crippen molar-refractivity contribution < 1.29 is 9.84 Å². The molecule has 0 bridgehead atoms. The minimum absolute atomic E-state index is 0.103. The van der Waals surface area contributed by atoms with Gasteiger partial charge in [0.05, 0.1) is 11.7 Å². The summed E-state index contributed by atoms with van der Waals surface area (Å²) in [6.45, 7) is 2.76. The number of aliphatic hydroxyl groups is 1. The van der Waals surface area contributed by atoms with Crippen molar-refractivity contribution in [3.8, 4) is 0 Å². The minimum Gasteiger partial charge on any atom is -0.388 e. The Balaban J connectivity index is 1.73. The van der Waals surface area contributed by atoms with Crippen molar-refractivity contribution in [2.24, 2.45) is 5.92 Å². The fourth-order valence-electron chi connectivity index (χ4n) is 3.28. The van der Waals surface area contributed by atoms with Gasteiger partial charge >= 0.3 is 0 Å². The summed E-state index contributed by atoms with van der Waals surface area (Å²) >= 11 is 0. The monoisotopic (exact) mass is 247 g/mol. The van der Waals surface area contributed by atoms with Gasteiger partial charge in [0.25, 0.3) is 0 Å². The van der Waals surface area contributed by atoms with E-state index in [1.54, 1.807) is 6.20 Å². The number of nitrogens with zero attached hydrogens (tertiary/aromatic N) is 1. The standard InChI is InChI=1S/C15H21NO2/c1-11-9-12(3-7-16-11)14(17)13-4-8-18-15(10-13)5-2-6-15/h3,7,9,13-14,17H,2,4-6,8,10H2,1H3. The summed E-state index contributed by atoms with van der Waals surface area (Å²) in [4.78, 5) is 4.19. The van der Waals surface area contributed by atoms with Crippen molar-refractivity contribution in [3.63, 3.8) is 0 Å². The molecule has 3 rings (SSSR count). The summed E-state index contributed by atoms with van der Waals surface area (Å²) < 4.78 is 5.92. The third kappa shape index (κ3) is 2.17. The van der Waals surface area contributed by atoms with Gasteiger partial charge in [-0.15, -0.1) is 0 Å². The zero-order chi connectivity index (χ0) is 12.6. The van der Waals surface area contributed by atoms with Crippen LogP contribution in [0.25, 0.3) is 0 Å². The van der Waals surface area contributed by atoms with Crippen LogP contribution < -0.4 is 0 Å². The average Bonchev–Trinajstić information content (AvgIpc) is 2.36. The Morgan fingerprint density at radius 2 is 2.33 bits per heavy atom. The molecule has 0 amide bonds. The minimum atomic E-state index is -0.368. The Bertz CT molecular complexity index is 428. The molecule has 1 aliphatic carbocycles. The van der Waals surface area contributed by atoms with Crippen molar-refractivity contribution in [2.75, 3.05) is 6.61 Å². The Labute approximate surface area is 108 Å². The number of aliphatic hydroxyl groups excluding tert-OH is 1. The Morgan fingerprint density at radius 1 is 1.50 bits per heavy atom. The van der Waals surface area contributed by atoms with E-state index >= 15 is 0 Å². The molecule has 1 aliphatic heterocycles. The van der Waals surface area contributed by atoms with E-state index < -0.39 is 0 Å². The predicted octanol–water partition coefficient (Wildman–Crippen LogP) is 2.77. The first-order chi connectivity index (χ1) is 8.69. The second-order valence-corrected chi connectivity index (χ2v) is 5.81. The third-order valence-electron chi connectivity index (χ3n) is 4.50. The van der Waals surface area contributed by atoms with Crippen LogP contribution >= 0.6 is 0 Å². The molecule has 0 aromatic carbocycles. The van der Waals surface area contributed by atoms with E-state index in [1.807, 2.05) is 19.1 Å². The summed E-state index contributed by atoms with van der Waals surface area (Å²) in [5.74, 6) is 0.334. The maximum absolute atomic E-state index is 10.5. The molecular weight excluding hydrogens is 226 g/mol. The van der Waals surface area contributed by atoms with Crippen LogP contribution in [0.15, 0.2) is 18.3 Å². The molecule has 0 radical (unpaired) electrons. The highest BCUT2D eigenvalue weighted by molar-refractivity contribution is 5.19. The Morgan fingerprint density at radius 3 is 3.00 bits per heavy atom. The zero-order valence-electron chi connectivity index (χ0n) is 10.9. The highest BCUT2D eigenvalue weighted by Crippen LogP contribution is 2.47. The fourth-order valence-corrected chi connectivity index (χ4v) is 3.28. The highest BCUT2D eigenvalue weighted by atomic mass is 16.5. The summed E-state index contributed by atoms with van der Waals surface area (Å²) in [6.07, 6.45) is 7.01. The number of hydrogen-bond donors (Lipinski definition) is 1. The van der Waals surface area contributed by atoms with E-state index in [-0.39, 0.29) is 11.7 Å². The molecule has 2 atom stereocenters. The van der Waals surface area contributed by atoms with Gasteiger partial charge in [-0.3, -0.25) is 4.98 Å². The van der Waals surface area contributed by atoms with E-state index in [2.05, 4.69) is 4.98 Å². The van der Waals surface area contributed by atoms with Gasteiger partial charge in [0, 0.05) is 18.5 Å². The van der Waals surface area contributed by atoms with Gasteiger partial charge in [0.1, 0.15) is 0 Å².